The monoisotopic (exact) mass is 311 g/mol. The molecule has 0 radical (unpaired) electrons. The van der Waals surface area contributed by atoms with Gasteiger partial charge in [0.05, 0.1) is 15.6 Å². The number of rotatable bonds is 4. The summed E-state index contributed by atoms with van der Waals surface area (Å²) in [5, 5.41) is 6.09. The lowest BCUT2D eigenvalue weighted by Crippen LogP contribution is -2.07. The third kappa shape index (κ3) is 2.73. The van der Waals surface area contributed by atoms with E-state index >= 15 is 0 Å². The van der Waals surface area contributed by atoms with Gasteiger partial charge in [0.25, 0.3) is 0 Å². The second-order valence-corrected chi connectivity index (χ2v) is 6.70. The molecule has 0 saturated carbocycles. The summed E-state index contributed by atoms with van der Waals surface area (Å²) in [4.78, 5) is 10.4. The van der Waals surface area contributed by atoms with E-state index in [0.717, 1.165) is 51.7 Å². The lowest BCUT2D eigenvalue weighted by atomic mass is 10.2. The van der Waals surface area contributed by atoms with Crippen LogP contribution in [0.5, 0.6) is 0 Å². The third-order valence-electron chi connectivity index (χ3n) is 2.91. The number of hydrogen-bond acceptors (Lipinski definition) is 5. The Labute approximate surface area is 125 Å². The van der Waals surface area contributed by atoms with Gasteiger partial charge in [-0.05, 0) is 12.5 Å². The number of thioether (sulfide) groups is 1. The summed E-state index contributed by atoms with van der Waals surface area (Å²) in [6, 6.07) is 1.93. The third-order valence-corrected chi connectivity index (χ3v) is 5.15. The number of hydrogen-bond donors (Lipinski definition) is 1. The molecule has 3 rings (SSSR count). The Kier molecular flexibility index (Phi) is 3.96. The molecule has 0 amide bonds. The fourth-order valence-electron chi connectivity index (χ4n) is 1.98. The molecular weight excluding hydrogens is 298 g/mol. The molecule has 0 aliphatic carbocycles. The van der Waals surface area contributed by atoms with Crippen molar-refractivity contribution in [2.24, 2.45) is 0 Å². The molecule has 19 heavy (non-hydrogen) atoms. The van der Waals surface area contributed by atoms with Crippen molar-refractivity contribution in [2.75, 3.05) is 11.9 Å². The minimum Gasteiger partial charge on any atom is -0.370 e. The number of halogens is 1. The molecule has 1 aliphatic rings. The molecule has 0 saturated heterocycles. The van der Waals surface area contributed by atoms with Crippen LogP contribution in [0, 0.1) is 0 Å². The molecule has 6 heteroatoms. The quantitative estimate of drug-likeness (QED) is 0.906. The molecule has 0 atom stereocenters. The van der Waals surface area contributed by atoms with Crippen LogP contribution in [0.2, 0.25) is 5.02 Å². The summed E-state index contributed by atoms with van der Waals surface area (Å²) < 4.78 is 0. The van der Waals surface area contributed by atoms with Gasteiger partial charge in [0.2, 0.25) is 0 Å². The number of nitrogens with zero attached hydrogens (tertiary/aromatic N) is 2. The largest absolute Gasteiger partial charge is 0.370 e. The Morgan fingerprint density at radius 3 is 3.00 bits per heavy atom. The standard InChI is InChI=1S/C13H14ClN3S2/c1-2-3-15-12-9-6-18-7-10(9)16-13(17-12)11-4-8(14)5-19-11/h4-5H,2-3,6-7H2,1H3,(H,15,16,17). The normalized spacial score (nSPS) is 13.6. The Morgan fingerprint density at radius 2 is 2.26 bits per heavy atom. The molecule has 0 fully saturated rings. The smallest absolute Gasteiger partial charge is 0.171 e. The van der Waals surface area contributed by atoms with Crippen LogP contribution in [0.25, 0.3) is 10.7 Å². The van der Waals surface area contributed by atoms with Gasteiger partial charge in [-0.3, -0.25) is 0 Å². The number of aromatic nitrogens is 2. The summed E-state index contributed by atoms with van der Waals surface area (Å²) in [7, 11) is 0. The zero-order chi connectivity index (χ0) is 13.2. The van der Waals surface area contributed by atoms with Crippen LogP contribution in [0.15, 0.2) is 11.4 Å². The van der Waals surface area contributed by atoms with Gasteiger partial charge in [-0.1, -0.05) is 18.5 Å². The van der Waals surface area contributed by atoms with Gasteiger partial charge >= 0.3 is 0 Å². The van der Waals surface area contributed by atoms with Crippen LogP contribution in [0.4, 0.5) is 5.82 Å². The van der Waals surface area contributed by atoms with Crippen LogP contribution < -0.4 is 5.32 Å². The van der Waals surface area contributed by atoms with Gasteiger partial charge in [-0.15, -0.1) is 11.3 Å². The first-order chi connectivity index (χ1) is 9.28. The topological polar surface area (TPSA) is 37.8 Å². The first-order valence-corrected chi connectivity index (χ1v) is 8.65. The van der Waals surface area contributed by atoms with Crippen LogP contribution in [-0.2, 0) is 11.5 Å². The van der Waals surface area contributed by atoms with Crippen molar-refractivity contribution < 1.29 is 0 Å². The Hall–Kier alpha value is -0.780. The van der Waals surface area contributed by atoms with Gasteiger partial charge in [-0.2, -0.15) is 11.8 Å². The predicted molar refractivity (Wildman–Crippen MR) is 84.1 cm³/mol. The summed E-state index contributed by atoms with van der Waals surface area (Å²) in [5.74, 6) is 3.77. The number of thiophene rings is 1. The van der Waals surface area contributed by atoms with E-state index in [9.17, 15) is 0 Å². The fraction of sp³-hybridized carbons (Fsp3) is 0.385. The Morgan fingerprint density at radius 1 is 1.37 bits per heavy atom. The molecule has 0 bridgehead atoms. The fourth-order valence-corrected chi connectivity index (χ4v) is 4.03. The molecule has 1 aliphatic heterocycles. The van der Waals surface area contributed by atoms with Crippen LogP contribution in [0.1, 0.15) is 24.6 Å². The number of nitrogens with one attached hydrogen (secondary N) is 1. The molecule has 1 N–H and O–H groups in total. The second-order valence-electron chi connectivity index (χ2n) is 4.37. The first-order valence-electron chi connectivity index (χ1n) is 6.23. The van der Waals surface area contributed by atoms with Crippen LogP contribution in [-0.4, -0.2) is 16.5 Å². The maximum Gasteiger partial charge on any atom is 0.171 e. The molecule has 0 unspecified atom stereocenters. The van der Waals surface area contributed by atoms with Crippen molar-refractivity contribution in [2.45, 2.75) is 24.9 Å². The van der Waals surface area contributed by atoms with Crippen LogP contribution in [0.3, 0.4) is 0 Å². The van der Waals surface area contributed by atoms with E-state index < -0.39 is 0 Å². The van der Waals surface area contributed by atoms with Gasteiger partial charge in [-0.25, -0.2) is 9.97 Å². The SMILES string of the molecule is CCCNc1nc(-c2cc(Cl)cs2)nc2c1CSC2. The molecule has 2 aromatic heterocycles. The molecule has 3 heterocycles. The van der Waals surface area contributed by atoms with Gasteiger partial charge in [0.15, 0.2) is 5.82 Å². The highest BCUT2D eigenvalue weighted by Gasteiger charge is 2.20. The van der Waals surface area contributed by atoms with Crippen molar-refractivity contribution in [3.63, 3.8) is 0 Å². The second kappa shape index (κ2) is 5.69. The zero-order valence-corrected chi connectivity index (χ0v) is 13.0. The maximum absolute atomic E-state index is 5.99. The van der Waals surface area contributed by atoms with Crippen molar-refractivity contribution in [1.29, 1.82) is 0 Å². The van der Waals surface area contributed by atoms with E-state index in [1.807, 2.05) is 23.2 Å². The lowest BCUT2D eigenvalue weighted by molar-refractivity contribution is 0.956. The van der Waals surface area contributed by atoms with E-state index in [-0.39, 0.29) is 0 Å². The molecule has 2 aromatic rings. The highest BCUT2D eigenvalue weighted by Crippen LogP contribution is 2.36. The molecule has 0 spiro atoms. The van der Waals surface area contributed by atoms with Gasteiger partial charge in [0.1, 0.15) is 5.82 Å². The zero-order valence-electron chi connectivity index (χ0n) is 10.6. The van der Waals surface area contributed by atoms with Crippen molar-refractivity contribution in [3.8, 4) is 10.7 Å². The van der Waals surface area contributed by atoms with Crippen molar-refractivity contribution >= 4 is 40.5 Å². The van der Waals surface area contributed by atoms with Crippen LogP contribution >= 0.6 is 34.7 Å². The van der Waals surface area contributed by atoms with Gasteiger partial charge < -0.3 is 5.32 Å². The minimum atomic E-state index is 0.751. The summed E-state index contributed by atoms with van der Waals surface area (Å²) in [5.41, 5.74) is 2.43. The average Bonchev–Trinajstić information content (AvgIpc) is 3.03. The maximum atomic E-state index is 5.99. The highest BCUT2D eigenvalue weighted by molar-refractivity contribution is 7.98. The molecule has 100 valence electrons. The summed E-state index contributed by atoms with van der Waals surface area (Å²) in [6.45, 7) is 3.10. The van der Waals surface area contributed by atoms with E-state index in [2.05, 4.69) is 22.2 Å². The number of anilines is 1. The average molecular weight is 312 g/mol. The van der Waals surface area contributed by atoms with E-state index in [1.54, 1.807) is 11.3 Å². The molecule has 0 aromatic carbocycles. The van der Waals surface area contributed by atoms with E-state index in [1.165, 1.54) is 5.56 Å². The highest BCUT2D eigenvalue weighted by atomic mass is 35.5. The van der Waals surface area contributed by atoms with Crippen molar-refractivity contribution in [1.82, 2.24) is 9.97 Å². The Balaban J connectivity index is 2.02. The Bertz CT molecular complexity index is 598. The predicted octanol–water partition coefficient (Wildman–Crippen LogP) is 4.43. The lowest BCUT2D eigenvalue weighted by Gasteiger charge is -2.10. The summed E-state index contributed by atoms with van der Waals surface area (Å²) >= 11 is 9.47. The van der Waals surface area contributed by atoms with E-state index in [4.69, 9.17) is 11.6 Å². The van der Waals surface area contributed by atoms with Gasteiger partial charge in [0, 0.05) is 29.0 Å². The summed E-state index contributed by atoms with van der Waals surface area (Å²) in [6.07, 6.45) is 1.09. The molecular formula is C13H14ClN3S2. The number of fused-ring (bicyclic) bond motifs is 1. The molecule has 3 nitrogen and oxygen atoms in total. The van der Waals surface area contributed by atoms with Crippen molar-refractivity contribution in [3.05, 3.63) is 27.7 Å². The minimum absolute atomic E-state index is 0.751. The first kappa shape index (κ1) is 13.2. The van der Waals surface area contributed by atoms with E-state index in [0.29, 0.717) is 0 Å².